The minimum absolute atomic E-state index is 0.193. The zero-order chi connectivity index (χ0) is 17.2. The van der Waals surface area contributed by atoms with Gasteiger partial charge >= 0.3 is 0 Å². The Morgan fingerprint density at radius 3 is 1.57 bits per heavy atom. The third-order valence-corrected chi connectivity index (χ3v) is 5.46. The molecule has 0 radical (unpaired) electrons. The summed E-state index contributed by atoms with van der Waals surface area (Å²) in [6, 6.07) is 0. The fraction of sp³-hybridized carbons (Fsp3) is 1.00. The zero-order valence-electron chi connectivity index (χ0n) is 15.2. The van der Waals surface area contributed by atoms with Gasteiger partial charge in [0.2, 0.25) is 0 Å². The zero-order valence-corrected chi connectivity index (χ0v) is 16.0. The lowest BCUT2D eigenvalue weighted by Crippen LogP contribution is -2.17. The van der Waals surface area contributed by atoms with Crippen molar-refractivity contribution in [1.82, 2.24) is 0 Å². The van der Waals surface area contributed by atoms with Gasteiger partial charge in [0.25, 0.3) is 0 Å². The normalized spacial score (nSPS) is 14.1. The average Bonchev–Trinajstić information content (AvgIpc) is 2.55. The number of unbranched alkanes of at least 4 members (excludes halogenated alkanes) is 11. The van der Waals surface area contributed by atoms with Gasteiger partial charge in [-0.3, -0.25) is 0 Å². The van der Waals surface area contributed by atoms with Crippen molar-refractivity contribution >= 4 is 11.8 Å². The van der Waals surface area contributed by atoms with Crippen LogP contribution in [0.15, 0.2) is 0 Å². The Morgan fingerprint density at radius 2 is 1.09 bits per heavy atom. The largest absolute Gasteiger partial charge is 0.394 e. The Hall–Kier alpha value is 0.230. The number of hydrogen-bond donors (Lipinski definition) is 3. The van der Waals surface area contributed by atoms with Crippen molar-refractivity contribution in [1.29, 1.82) is 0 Å². The fourth-order valence-corrected chi connectivity index (χ4v) is 3.65. The highest BCUT2D eigenvalue weighted by Crippen LogP contribution is 2.14. The predicted octanol–water partition coefficient (Wildman–Crippen LogP) is 4.52. The van der Waals surface area contributed by atoms with E-state index in [2.05, 4.69) is 6.92 Å². The van der Waals surface area contributed by atoms with Crippen LogP contribution in [0, 0.1) is 0 Å². The molecule has 0 spiro atoms. The van der Waals surface area contributed by atoms with E-state index in [0.29, 0.717) is 11.5 Å². The average molecular weight is 349 g/mol. The van der Waals surface area contributed by atoms with E-state index in [0.717, 1.165) is 12.8 Å². The van der Waals surface area contributed by atoms with Crippen molar-refractivity contribution in [3.8, 4) is 0 Å². The molecule has 3 nitrogen and oxygen atoms in total. The van der Waals surface area contributed by atoms with E-state index in [9.17, 15) is 10.2 Å². The molecule has 0 saturated carbocycles. The molecule has 0 heterocycles. The molecule has 0 amide bonds. The maximum Gasteiger partial charge on any atom is 0.0861 e. The SMILES string of the molecule is CCCCCCCCCCCCCC[C@@H](O)CSC[C@H](O)CO. The van der Waals surface area contributed by atoms with Gasteiger partial charge in [-0.2, -0.15) is 11.8 Å². The molecule has 0 aliphatic rings. The van der Waals surface area contributed by atoms with Crippen LogP contribution in [0.4, 0.5) is 0 Å². The second-order valence-electron chi connectivity index (χ2n) is 6.71. The summed E-state index contributed by atoms with van der Waals surface area (Å²) in [5, 5.41) is 27.7. The third-order valence-electron chi connectivity index (χ3n) is 4.22. The lowest BCUT2D eigenvalue weighted by molar-refractivity contribution is 0.113. The molecule has 0 saturated heterocycles. The van der Waals surface area contributed by atoms with Crippen LogP contribution >= 0.6 is 11.8 Å². The topological polar surface area (TPSA) is 60.7 Å². The van der Waals surface area contributed by atoms with E-state index >= 15 is 0 Å². The molecule has 0 bridgehead atoms. The molecular weight excluding hydrogens is 308 g/mol. The van der Waals surface area contributed by atoms with Crippen LogP contribution in [0.25, 0.3) is 0 Å². The maximum absolute atomic E-state index is 9.83. The Bertz CT molecular complexity index is 227. The first-order valence-electron chi connectivity index (χ1n) is 9.75. The van der Waals surface area contributed by atoms with E-state index in [4.69, 9.17) is 5.11 Å². The molecule has 0 aliphatic carbocycles. The molecule has 0 aromatic rings. The molecule has 0 fully saturated rings. The number of aliphatic hydroxyl groups excluding tert-OH is 3. The molecule has 2 atom stereocenters. The molecule has 0 aliphatic heterocycles. The highest BCUT2D eigenvalue weighted by atomic mass is 32.2. The van der Waals surface area contributed by atoms with E-state index in [1.54, 1.807) is 0 Å². The van der Waals surface area contributed by atoms with Crippen LogP contribution < -0.4 is 0 Å². The number of aliphatic hydroxyl groups is 3. The van der Waals surface area contributed by atoms with Crippen LogP contribution in [0.1, 0.15) is 90.4 Å². The minimum atomic E-state index is -0.654. The first kappa shape index (κ1) is 23.2. The molecule has 23 heavy (non-hydrogen) atoms. The Balaban J connectivity index is 3.14. The van der Waals surface area contributed by atoms with Crippen molar-refractivity contribution < 1.29 is 15.3 Å². The Labute approximate surface area is 148 Å². The van der Waals surface area contributed by atoms with Gasteiger partial charge in [0.15, 0.2) is 0 Å². The van der Waals surface area contributed by atoms with Gasteiger partial charge in [0.05, 0.1) is 18.8 Å². The van der Waals surface area contributed by atoms with Gasteiger partial charge in [-0.1, -0.05) is 84.0 Å². The van der Waals surface area contributed by atoms with Crippen LogP contribution in [0.2, 0.25) is 0 Å². The molecular formula is C19H40O3S. The van der Waals surface area contributed by atoms with Gasteiger partial charge in [0, 0.05) is 11.5 Å². The smallest absolute Gasteiger partial charge is 0.0861 e. The number of rotatable bonds is 18. The van der Waals surface area contributed by atoms with Crippen LogP contribution in [-0.2, 0) is 0 Å². The quantitative estimate of drug-likeness (QED) is 0.319. The van der Waals surface area contributed by atoms with Crippen molar-refractivity contribution in [2.45, 2.75) is 103 Å². The highest BCUT2D eigenvalue weighted by Gasteiger charge is 2.07. The second kappa shape index (κ2) is 18.6. The third kappa shape index (κ3) is 18.4. The van der Waals surface area contributed by atoms with Crippen molar-refractivity contribution in [2.75, 3.05) is 18.1 Å². The Morgan fingerprint density at radius 1 is 0.652 bits per heavy atom. The lowest BCUT2D eigenvalue weighted by Gasteiger charge is -2.11. The van der Waals surface area contributed by atoms with E-state index in [1.165, 1.54) is 82.4 Å². The number of thioether (sulfide) groups is 1. The molecule has 4 heteroatoms. The summed E-state index contributed by atoms with van der Waals surface area (Å²) in [5.74, 6) is 1.17. The molecule has 0 unspecified atom stereocenters. The van der Waals surface area contributed by atoms with Gasteiger partial charge in [-0.05, 0) is 6.42 Å². The highest BCUT2D eigenvalue weighted by molar-refractivity contribution is 7.99. The van der Waals surface area contributed by atoms with Crippen molar-refractivity contribution in [3.05, 3.63) is 0 Å². The van der Waals surface area contributed by atoms with E-state index in [-0.39, 0.29) is 12.7 Å². The summed E-state index contributed by atoms with van der Waals surface area (Å²) in [4.78, 5) is 0. The maximum atomic E-state index is 9.83. The van der Waals surface area contributed by atoms with Gasteiger partial charge in [-0.15, -0.1) is 0 Å². The summed E-state index contributed by atoms with van der Waals surface area (Å²) in [7, 11) is 0. The standard InChI is InChI=1S/C19H40O3S/c1-2-3-4-5-6-7-8-9-10-11-12-13-14-18(21)16-23-17-19(22)15-20/h18-22H,2-17H2,1H3/t18-,19-/m1/s1. The first-order valence-corrected chi connectivity index (χ1v) is 10.9. The summed E-state index contributed by atoms with van der Waals surface area (Å²) < 4.78 is 0. The molecule has 0 aromatic carbocycles. The lowest BCUT2D eigenvalue weighted by atomic mass is 10.0. The van der Waals surface area contributed by atoms with Crippen LogP contribution in [0.5, 0.6) is 0 Å². The summed E-state index contributed by atoms with van der Waals surface area (Å²) in [5.41, 5.74) is 0. The monoisotopic (exact) mass is 348 g/mol. The van der Waals surface area contributed by atoms with Gasteiger partial charge in [-0.25, -0.2) is 0 Å². The van der Waals surface area contributed by atoms with Crippen LogP contribution in [0.3, 0.4) is 0 Å². The minimum Gasteiger partial charge on any atom is -0.394 e. The summed E-state index contributed by atoms with van der Waals surface area (Å²) >= 11 is 1.52. The predicted molar refractivity (Wildman–Crippen MR) is 102 cm³/mol. The fourth-order valence-electron chi connectivity index (χ4n) is 2.70. The van der Waals surface area contributed by atoms with Gasteiger partial charge < -0.3 is 15.3 Å². The van der Waals surface area contributed by atoms with Gasteiger partial charge in [0.1, 0.15) is 0 Å². The molecule has 0 rings (SSSR count). The van der Waals surface area contributed by atoms with Crippen LogP contribution in [-0.4, -0.2) is 45.6 Å². The molecule has 3 N–H and O–H groups in total. The van der Waals surface area contributed by atoms with Crippen molar-refractivity contribution in [3.63, 3.8) is 0 Å². The molecule has 0 aromatic heterocycles. The Kier molecular flexibility index (Phi) is 18.8. The van der Waals surface area contributed by atoms with E-state index < -0.39 is 6.10 Å². The second-order valence-corrected chi connectivity index (χ2v) is 7.78. The van der Waals surface area contributed by atoms with E-state index in [1.807, 2.05) is 0 Å². The van der Waals surface area contributed by atoms with Crippen molar-refractivity contribution in [2.24, 2.45) is 0 Å². The summed E-state index contributed by atoms with van der Waals surface area (Å²) in [6.07, 6.45) is 16.0. The molecule has 140 valence electrons. The summed E-state index contributed by atoms with van der Waals surface area (Å²) in [6.45, 7) is 2.07. The number of hydrogen-bond acceptors (Lipinski definition) is 4. The first-order chi connectivity index (χ1) is 11.2.